The zero-order chi connectivity index (χ0) is 19.7. The van der Waals surface area contributed by atoms with Gasteiger partial charge in [-0.15, -0.1) is 0 Å². The molecule has 0 saturated carbocycles. The number of amides is 1. The van der Waals surface area contributed by atoms with E-state index in [2.05, 4.69) is 20.3 Å². The Bertz CT molecular complexity index is 990. The number of carbonyl (C=O) groups excluding carboxylic acids is 1. The first-order valence-corrected chi connectivity index (χ1v) is 10.4. The summed E-state index contributed by atoms with van der Waals surface area (Å²) in [6, 6.07) is 7.07. The minimum atomic E-state index is -0.281. The summed E-state index contributed by atoms with van der Waals surface area (Å²) in [6.07, 6.45) is 1.56. The lowest BCUT2D eigenvalue weighted by Crippen LogP contribution is -2.41. The van der Waals surface area contributed by atoms with Crippen molar-refractivity contribution >= 4 is 32.6 Å². The van der Waals surface area contributed by atoms with Gasteiger partial charge in [0.25, 0.3) is 0 Å². The predicted octanol–water partition coefficient (Wildman–Crippen LogP) is 3.28. The van der Waals surface area contributed by atoms with Gasteiger partial charge in [0.2, 0.25) is 5.91 Å². The van der Waals surface area contributed by atoms with Gasteiger partial charge in [-0.1, -0.05) is 17.4 Å². The van der Waals surface area contributed by atoms with E-state index in [4.69, 9.17) is 0 Å². The molecule has 28 heavy (non-hydrogen) atoms. The molecule has 0 atom stereocenters. The highest BCUT2D eigenvalue weighted by atomic mass is 32.1. The van der Waals surface area contributed by atoms with Gasteiger partial charge in [0.1, 0.15) is 11.3 Å². The highest BCUT2D eigenvalue weighted by molar-refractivity contribution is 7.22. The maximum atomic E-state index is 13.9. The molecule has 1 aromatic carbocycles. The number of hydrogen-bond acceptors (Lipinski definition) is 5. The number of piperidine rings is 1. The maximum absolute atomic E-state index is 13.9. The van der Waals surface area contributed by atoms with Gasteiger partial charge in [-0.25, -0.2) is 9.37 Å². The summed E-state index contributed by atoms with van der Waals surface area (Å²) in [6.45, 7) is 6.77. The van der Waals surface area contributed by atoms with Crippen LogP contribution in [-0.4, -0.2) is 40.3 Å². The monoisotopic (exact) mass is 401 g/mol. The molecular formula is C20H24FN5OS. The number of thiazole rings is 1. The summed E-state index contributed by atoms with van der Waals surface area (Å²) in [7, 11) is 0. The highest BCUT2D eigenvalue weighted by Gasteiger charge is 2.26. The van der Waals surface area contributed by atoms with Crippen LogP contribution in [0.3, 0.4) is 0 Å². The van der Waals surface area contributed by atoms with Crippen molar-refractivity contribution in [3.05, 3.63) is 41.5 Å². The van der Waals surface area contributed by atoms with E-state index in [0.717, 1.165) is 47.2 Å². The molecule has 1 fully saturated rings. The lowest BCUT2D eigenvalue weighted by molar-refractivity contribution is -0.125. The molecule has 4 rings (SSSR count). The molecule has 0 bridgehead atoms. The van der Waals surface area contributed by atoms with E-state index in [1.54, 1.807) is 6.07 Å². The molecule has 1 aliphatic rings. The van der Waals surface area contributed by atoms with Crippen molar-refractivity contribution in [3.8, 4) is 0 Å². The number of rotatable bonds is 5. The number of nitrogens with one attached hydrogen (secondary N) is 1. The number of para-hydroxylation sites is 1. The van der Waals surface area contributed by atoms with Crippen molar-refractivity contribution in [2.45, 2.75) is 33.2 Å². The fourth-order valence-corrected chi connectivity index (χ4v) is 4.73. The standard InChI is InChI=1S/C20H24FN5OS/c1-13-12-14(2)26(24-13)11-8-22-19(27)15-6-9-25(10-7-15)20-23-18-16(21)4-3-5-17(18)28-20/h3-5,12,15H,6-11H2,1-2H3,(H,22,27). The number of carbonyl (C=O) groups is 1. The van der Waals surface area contributed by atoms with Crippen LogP contribution in [0.1, 0.15) is 24.2 Å². The topological polar surface area (TPSA) is 63.1 Å². The minimum absolute atomic E-state index is 0.0165. The summed E-state index contributed by atoms with van der Waals surface area (Å²) >= 11 is 1.51. The summed E-state index contributed by atoms with van der Waals surface area (Å²) in [4.78, 5) is 19.1. The smallest absolute Gasteiger partial charge is 0.223 e. The van der Waals surface area contributed by atoms with Crippen molar-refractivity contribution in [1.29, 1.82) is 0 Å². The second-order valence-corrected chi connectivity index (χ2v) is 8.29. The Morgan fingerprint density at radius 1 is 1.32 bits per heavy atom. The largest absolute Gasteiger partial charge is 0.354 e. The molecule has 8 heteroatoms. The van der Waals surface area contributed by atoms with Crippen molar-refractivity contribution in [1.82, 2.24) is 20.1 Å². The summed E-state index contributed by atoms with van der Waals surface area (Å²) in [5, 5.41) is 8.29. The molecule has 0 radical (unpaired) electrons. The molecule has 148 valence electrons. The van der Waals surface area contributed by atoms with Crippen LogP contribution in [-0.2, 0) is 11.3 Å². The number of halogens is 1. The van der Waals surface area contributed by atoms with Gasteiger partial charge in [-0.05, 0) is 44.9 Å². The Morgan fingerprint density at radius 3 is 2.79 bits per heavy atom. The molecule has 0 aliphatic carbocycles. The van der Waals surface area contributed by atoms with Gasteiger partial charge in [-0.2, -0.15) is 5.10 Å². The first-order valence-electron chi connectivity index (χ1n) is 9.60. The molecule has 0 unspecified atom stereocenters. The third-order valence-electron chi connectivity index (χ3n) is 5.22. The van der Waals surface area contributed by atoms with Crippen molar-refractivity contribution in [3.63, 3.8) is 0 Å². The first-order chi connectivity index (χ1) is 13.5. The van der Waals surface area contributed by atoms with Gasteiger partial charge in [0, 0.05) is 31.2 Å². The molecule has 1 N–H and O–H groups in total. The number of hydrogen-bond donors (Lipinski definition) is 1. The zero-order valence-corrected chi connectivity index (χ0v) is 16.9. The Balaban J connectivity index is 1.29. The molecule has 6 nitrogen and oxygen atoms in total. The van der Waals surface area contributed by atoms with E-state index < -0.39 is 0 Å². The fourth-order valence-electron chi connectivity index (χ4n) is 3.70. The second kappa shape index (κ2) is 7.87. The molecule has 1 saturated heterocycles. The Hall–Kier alpha value is -2.48. The molecular weight excluding hydrogens is 377 g/mol. The van der Waals surface area contributed by atoms with E-state index in [-0.39, 0.29) is 17.6 Å². The predicted molar refractivity (Wildman–Crippen MR) is 109 cm³/mol. The average Bonchev–Trinajstić information content (AvgIpc) is 3.26. The molecule has 0 spiro atoms. The number of benzene rings is 1. The van der Waals surface area contributed by atoms with Crippen LogP contribution in [0.15, 0.2) is 24.3 Å². The molecule has 2 aromatic heterocycles. The number of aryl methyl sites for hydroxylation is 2. The summed E-state index contributed by atoms with van der Waals surface area (Å²) in [5.74, 6) is -0.156. The lowest BCUT2D eigenvalue weighted by Gasteiger charge is -2.31. The summed E-state index contributed by atoms with van der Waals surface area (Å²) < 4.78 is 16.6. The highest BCUT2D eigenvalue weighted by Crippen LogP contribution is 2.32. The third kappa shape index (κ3) is 3.87. The van der Waals surface area contributed by atoms with Gasteiger partial charge >= 0.3 is 0 Å². The van der Waals surface area contributed by atoms with E-state index in [0.29, 0.717) is 18.6 Å². The number of nitrogens with zero attached hydrogens (tertiary/aromatic N) is 4. The second-order valence-electron chi connectivity index (χ2n) is 7.29. The van der Waals surface area contributed by atoms with Crippen LogP contribution >= 0.6 is 11.3 Å². The van der Waals surface area contributed by atoms with Crippen LogP contribution in [0.4, 0.5) is 9.52 Å². The third-order valence-corrected chi connectivity index (χ3v) is 6.30. The quantitative estimate of drug-likeness (QED) is 0.713. The number of anilines is 1. The van der Waals surface area contributed by atoms with Crippen LogP contribution in [0.25, 0.3) is 10.2 Å². The van der Waals surface area contributed by atoms with E-state index in [1.165, 1.54) is 17.4 Å². The van der Waals surface area contributed by atoms with E-state index in [1.807, 2.05) is 30.7 Å². The van der Waals surface area contributed by atoms with Crippen molar-refractivity contribution in [2.75, 3.05) is 24.5 Å². The molecule has 1 amide bonds. The zero-order valence-electron chi connectivity index (χ0n) is 16.1. The van der Waals surface area contributed by atoms with Gasteiger partial charge in [0.15, 0.2) is 5.13 Å². The first kappa shape index (κ1) is 18.9. The minimum Gasteiger partial charge on any atom is -0.354 e. The van der Waals surface area contributed by atoms with Crippen LogP contribution in [0.2, 0.25) is 0 Å². The average molecular weight is 402 g/mol. The van der Waals surface area contributed by atoms with Gasteiger partial charge in [0.05, 0.1) is 16.9 Å². The summed E-state index contributed by atoms with van der Waals surface area (Å²) in [5.41, 5.74) is 2.53. The van der Waals surface area contributed by atoms with E-state index >= 15 is 0 Å². The molecule has 3 heterocycles. The maximum Gasteiger partial charge on any atom is 0.223 e. The lowest BCUT2D eigenvalue weighted by atomic mass is 9.96. The number of fused-ring (bicyclic) bond motifs is 1. The Labute approximate surface area is 167 Å². The van der Waals surface area contributed by atoms with Crippen LogP contribution < -0.4 is 10.2 Å². The van der Waals surface area contributed by atoms with Crippen LogP contribution in [0, 0.1) is 25.6 Å². The molecule has 3 aromatic rings. The molecule has 1 aliphatic heterocycles. The van der Waals surface area contributed by atoms with Crippen LogP contribution in [0.5, 0.6) is 0 Å². The van der Waals surface area contributed by atoms with Crippen molar-refractivity contribution in [2.24, 2.45) is 5.92 Å². The van der Waals surface area contributed by atoms with Gasteiger partial charge < -0.3 is 10.2 Å². The fraction of sp³-hybridized carbons (Fsp3) is 0.450. The normalized spacial score (nSPS) is 15.3. The SMILES string of the molecule is Cc1cc(C)n(CCNC(=O)C2CCN(c3nc4c(F)cccc4s3)CC2)n1. The van der Waals surface area contributed by atoms with E-state index in [9.17, 15) is 9.18 Å². The van der Waals surface area contributed by atoms with Gasteiger partial charge in [-0.3, -0.25) is 9.48 Å². The Kier molecular flexibility index (Phi) is 5.30. The number of aromatic nitrogens is 3. The Morgan fingerprint density at radius 2 is 2.11 bits per heavy atom. The van der Waals surface area contributed by atoms with Crippen molar-refractivity contribution < 1.29 is 9.18 Å².